The molecule has 1 heterocycles. The molecule has 0 aliphatic carbocycles. The fourth-order valence-electron chi connectivity index (χ4n) is 2.73. The van der Waals surface area contributed by atoms with Crippen LogP contribution in [0.4, 0.5) is 11.5 Å². The first-order valence-corrected chi connectivity index (χ1v) is 11.2. The van der Waals surface area contributed by atoms with Gasteiger partial charge in [-0.05, 0) is 59.5 Å². The average Bonchev–Trinajstić information content (AvgIpc) is 2.73. The lowest BCUT2D eigenvalue weighted by molar-refractivity contribution is -0.118. The Morgan fingerprint density at radius 3 is 2.23 bits per heavy atom. The summed E-state index contributed by atoms with van der Waals surface area (Å²) < 4.78 is 32.8. The third-order valence-electron chi connectivity index (χ3n) is 4.44. The van der Waals surface area contributed by atoms with Gasteiger partial charge < -0.3 is 10.1 Å². The Bertz CT molecular complexity index is 1120. The molecule has 1 amide bonds. The van der Waals surface area contributed by atoms with Gasteiger partial charge in [0.1, 0.15) is 11.6 Å². The predicted octanol–water partition coefficient (Wildman–Crippen LogP) is 4.20. The van der Waals surface area contributed by atoms with Crippen molar-refractivity contribution in [2.75, 3.05) is 16.6 Å². The van der Waals surface area contributed by atoms with Crippen molar-refractivity contribution in [2.24, 2.45) is 0 Å². The van der Waals surface area contributed by atoms with Crippen LogP contribution in [0.15, 0.2) is 77.8 Å². The number of nitrogens with one attached hydrogen (secondary N) is 2. The monoisotopic (exact) mass is 439 g/mol. The van der Waals surface area contributed by atoms with Crippen LogP contribution in [0.25, 0.3) is 0 Å². The molecule has 162 valence electrons. The van der Waals surface area contributed by atoms with E-state index in [-0.39, 0.29) is 28.6 Å². The molecular weight excluding hydrogens is 414 g/mol. The zero-order valence-electron chi connectivity index (χ0n) is 17.6. The molecule has 0 radical (unpaired) electrons. The lowest BCUT2D eigenvalue weighted by atomic mass is 9.87. The number of benzene rings is 2. The standard InChI is InChI=1S/C23H25N3O4S/c1-23(2,3)17-7-11-19(12-8-17)30-16-22(27)25-18-9-13-20(14-10-18)31(28,29)26-21-6-4-5-15-24-21/h4-15H,16H2,1-3H3,(H,24,26)(H,25,27). The van der Waals surface area contributed by atoms with Crippen LogP contribution in [0.1, 0.15) is 26.3 Å². The smallest absolute Gasteiger partial charge is 0.263 e. The Morgan fingerprint density at radius 1 is 0.968 bits per heavy atom. The minimum Gasteiger partial charge on any atom is -0.484 e. The van der Waals surface area contributed by atoms with Gasteiger partial charge >= 0.3 is 0 Å². The summed E-state index contributed by atoms with van der Waals surface area (Å²) >= 11 is 0. The number of nitrogens with zero attached hydrogens (tertiary/aromatic N) is 1. The first-order chi connectivity index (χ1) is 14.6. The lowest BCUT2D eigenvalue weighted by Crippen LogP contribution is -2.20. The second kappa shape index (κ2) is 9.18. The first kappa shape index (κ1) is 22.3. The highest BCUT2D eigenvalue weighted by atomic mass is 32.2. The van der Waals surface area contributed by atoms with Crippen LogP contribution in [-0.4, -0.2) is 25.9 Å². The molecule has 1 aromatic heterocycles. The van der Waals surface area contributed by atoms with Gasteiger partial charge in [0.25, 0.3) is 15.9 Å². The van der Waals surface area contributed by atoms with Crippen LogP contribution in [0.5, 0.6) is 5.75 Å². The first-order valence-electron chi connectivity index (χ1n) is 9.71. The Balaban J connectivity index is 1.55. The zero-order chi connectivity index (χ0) is 22.5. The van der Waals surface area contributed by atoms with Crippen molar-refractivity contribution in [3.8, 4) is 5.75 Å². The number of pyridine rings is 1. The van der Waals surface area contributed by atoms with Crippen molar-refractivity contribution in [3.05, 3.63) is 78.5 Å². The Labute approximate surface area is 182 Å². The molecule has 31 heavy (non-hydrogen) atoms. The largest absolute Gasteiger partial charge is 0.484 e. The molecule has 0 atom stereocenters. The van der Waals surface area contributed by atoms with E-state index < -0.39 is 10.0 Å². The highest BCUT2D eigenvalue weighted by Crippen LogP contribution is 2.24. The van der Waals surface area contributed by atoms with Crippen LogP contribution in [0, 0.1) is 0 Å². The van der Waals surface area contributed by atoms with Crippen LogP contribution in [-0.2, 0) is 20.2 Å². The van der Waals surface area contributed by atoms with E-state index in [9.17, 15) is 13.2 Å². The van der Waals surface area contributed by atoms with Gasteiger partial charge in [0, 0.05) is 11.9 Å². The summed E-state index contributed by atoms with van der Waals surface area (Å²) in [6.45, 7) is 6.22. The van der Waals surface area contributed by atoms with Gasteiger partial charge in [0.05, 0.1) is 4.90 Å². The molecule has 0 aliphatic rings. The molecule has 0 spiro atoms. The van der Waals surface area contributed by atoms with Crippen molar-refractivity contribution in [3.63, 3.8) is 0 Å². The summed E-state index contributed by atoms with van der Waals surface area (Å²) in [5, 5.41) is 2.68. The number of carbonyl (C=O) groups excluding carboxylic acids is 1. The van der Waals surface area contributed by atoms with Gasteiger partial charge in [-0.25, -0.2) is 13.4 Å². The molecule has 0 unspecified atom stereocenters. The Morgan fingerprint density at radius 2 is 1.65 bits per heavy atom. The second-order valence-corrected chi connectivity index (χ2v) is 9.64. The topological polar surface area (TPSA) is 97.4 Å². The number of sulfonamides is 1. The van der Waals surface area contributed by atoms with Crippen molar-refractivity contribution < 1.29 is 17.9 Å². The van der Waals surface area contributed by atoms with Crippen molar-refractivity contribution in [2.45, 2.75) is 31.1 Å². The SMILES string of the molecule is CC(C)(C)c1ccc(OCC(=O)Nc2ccc(S(=O)(=O)Nc3ccccn3)cc2)cc1. The highest BCUT2D eigenvalue weighted by Gasteiger charge is 2.15. The lowest BCUT2D eigenvalue weighted by Gasteiger charge is -2.19. The molecular formula is C23H25N3O4S. The number of hydrogen-bond acceptors (Lipinski definition) is 5. The average molecular weight is 440 g/mol. The third-order valence-corrected chi connectivity index (χ3v) is 5.81. The molecule has 2 N–H and O–H groups in total. The third kappa shape index (κ3) is 6.29. The number of aromatic nitrogens is 1. The highest BCUT2D eigenvalue weighted by molar-refractivity contribution is 7.92. The predicted molar refractivity (Wildman–Crippen MR) is 121 cm³/mol. The summed E-state index contributed by atoms with van der Waals surface area (Å²) in [7, 11) is -3.77. The van der Waals surface area contributed by atoms with Gasteiger partial charge in [-0.2, -0.15) is 0 Å². The van der Waals surface area contributed by atoms with Gasteiger partial charge in [0.15, 0.2) is 6.61 Å². The molecule has 0 aliphatic heterocycles. The quantitative estimate of drug-likeness (QED) is 0.575. The van der Waals surface area contributed by atoms with Crippen LogP contribution < -0.4 is 14.8 Å². The Hall–Kier alpha value is -3.39. The number of rotatable bonds is 7. The molecule has 7 nitrogen and oxygen atoms in total. The fraction of sp³-hybridized carbons (Fsp3) is 0.217. The minimum atomic E-state index is -3.77. The zero-order valence-corrected chi connectivity index (χ0v) is 18.4. The number of anilines is 2. The van der Waals surface area contributed by atoms with E-state index in [0.717, 1.165) is 0 Å². The molecule has 3 rings (SSSR count). The molecule has 8 heteroatoms. The van der Waals surface area contributed by atoms with Gasteiger partial charge in [0.2, 0.25) is 0 Å². The maximum atomic E-state index is 12.4. The fourth-order valence-corrected chi connectivity index (χ4v) is 3.74. The maximum Gasteiger partial charge on any atom is 0.263 e. The van der Waals surface area contributed by atoms with Crippen LogP contribution in [0.3, 0.4) is 0 Å². The summed E-state index contributed by atoms with van der Waals surface area (Å²) in [4.78, 5) is 16.2. The number of hydrogen-bond donors (Lipinski definition) is 2. The summed E-state index contributed by atoms with van der Waals surface area (Å²) in [5.74, 6) is 0.486. The van der Waals surface area contributed by atoms with E-state index in [1.807, 2.05) is 24.3 Å². The number of ether oxygens (including phenoxy) is 1. The van der Waals surface area contributed by atoms with Crippen molar-refractivity contribution in [1.82, 2.24) is 4.98 Å². The second-order valence-electron chi connectivity index (χ2n) is 7.96. The van der Waals surface area contributed by atoms with E-state index >= 15 is 0 Å². The maximum absolute atomic E-state index is 12.4. The number of amides is 1. The van der Waals surface area contributed by atoms with E-state index in [0.29, 0.717) is 11.4 Å². The van der Waals surface area contributed by atoms with Gasteiger partial charge in [-0.1, -0.05) is 39.0 Å². The summed E-state index contributed by atoms with van der Waals surface area (Å²) in [5.41, 5.74) is 1.69. The molecule has 2 aromatic carbocycles. The van der Waals surface area contributed by atoms with Gasteiger partial charge in [-0.15, -0.1) is 0 Å². The van der Waals surface area contributed by atoms with E-state index in [4.69, 9.17) is 4.74 Å². The molecule has 0 bridgehead atoms. The normalized spacial score (nSPS) is 11.6. The molecule has 3 aromatic rings. The molecule has 0 saturated carbocycles. The summed E-state index contributed by atoms with van der Waals surface area (Å²) in [6, 6.07) is 18.4. The molecule has 0 fully saturated rings. The minimum absolute atomic E-state index is 0.0443. The van der Waals surface area contributed by atoms with E-state index in [1.165, 1.54) is 36.0 Å². The number of carbonyl (C=O) groups is 1. The van der Waals surface area contributed by atoms with Crippen molar-refractivity contribution in [1.29, 1.82) is 0 Å². The van der Waals surface area contributed by atoms with E-state index in [2.05, 4.69) is 35.8 Å². The summed E-state index contributed by atoms with van der Waals surface area (Å²) in [6.07, 6.45) is 1.50. The van der Waals surface area contributed by atoms with Crippen LogP contribution in [0.2, 0.25) is 0 Å². The van der Waals surface area contributed by atoms with Crippen molar-refractivity contribution >= 4 is 27.4 Å². The molecule has 0 saturated heterocycles. The Kier molecular flexibility index (Phi) is 6.60. The van der Waals surface area contributed by atoms with Crippen LogP contribution >= 0.6 is 0 Å². The van der Waals surface area contributed by atoms with Gasteiger partial charge in [-0.3, -0.25) is 9.52 Å². The van der Waals surface area contributed by atoms with E-state index in [1.54, 1.807) is 18.2 Å².